The van der Waals surface area contributed by atoms with Gasteiger partial charge in [0.05, 0.1) is 0 Å². The van der Waals surface area contributed by atoms with Crippen LogP contribution in [0.3, 0.4) is 0 Å². The Balaban J connectivity index is 2.18. The van der Waals surface area contributed by atoms with Crippen molar-refractivity contribution in [1.29, 1.82) is 0 Å². The summed E-state index contributed by atoms with van der Waals surface area (Å²) in [5, 5.41) is 3.43. The van der Waals surface area contributed by atoms with Gasteiger partial charge in [-0.3, -0.25) is 4.99 Å². The van der Waals surface area contributed by atoms with Gasteiger partial charge in [-0.15, -0.1) is 0 Å². The van der Waals surface area contributed by atoms with Gasteiger partial charge in [-0.1, -0.05) is 12.1 Å². The van der Waals surface area contributed by atoms with Crippen LogP contribution in [0.15, 0.2) is 23.2 Å². The first-order valence-electron chi connectivity index (χ1n) is 5.56. The number of nitrogens with zero attached hydrogens (tertiary/aromatic N) is 1. The van der Waals surface area contributed by atoms with E-state index in [1.54, 1.807) is 0 Å². The molecular weight excluding hydrogens is 184 g/mol. The minimum absolute atomic E-state index is 0.484. The van der Waals surface area contributed by atoms with Crippen LogP contribution in [-0.4, -0.2) is 11.9 Å². The molecule has 0 bridgehead atoms. The number of aliphatic imine (C=N–C) groups is 1. The average Bonchev–Trinajstić information content (AvgIpc) is 2.59. The summed E-state index contributed by atoms with van der Waals surface area (Å²) in [4.78, 5) is 4.56. The van der Waals surface area contributed by atoms with Crippen molar-refractivity contribution in [3.63, 3.8) is 0 Å². The maximum atomic E-state index is 4.56. The zero-order valence-electron chi connectivity index (χ0n) is 9.67. The van der Waals surface area contributed by atoms with E-state index in [0.717, 1.165) is 12.3 Å². The van der Waals surface area contributed by atoms with E-state index < -0.39 is 0 Å². The van der Waals surface area contributed by atoms with Crippen molar-refractivity contribution >= 4 is 11.5 Å². The zero-order valence-corrected chi connectivity index (χ0v) is 9.67. The molecule has 1 heterocycles. The van der Waals surface area contributed by atoms with Gasteiger partial charge in [0.2, 0.25) is 0 Å². The van der Waals surface area contributed by atoms with Gasteiger partial charge in [0.25, 0.3) is 0 Å². The molecule has 0 saturated heterocycles. The standard InChI is InChI=1S/C13H18N2/c1-9-5-4-6-12(11(9)3)15-13-8-7-10(2)14-13/h4-6,10H,7-8H2,1-3H3,(H,14,15). The minimum atomic E-state index is 0.484. The van der Waals surface area contributed by atoms with Crippen LogP contribution in [0.2, 0.25) is 0 Å². The lowest BCUT2D eigenvalue weighted by molar-refractivity contribution is 0.739. The molecule has 0 radical (unpaired) electrons. The average molecular weight is 202 g/mol. The van der Waals surface area contributed by atoms with Gasteiger partial charge < -0.3 is 5.32 Å². The third kappa shape index (κ3) is 2.20. The fraction of sp³-hybridized carbons (Fsp3) is 0.462. The lowest BCUT2D eigenvalue weighted by atomic mass is 10.1. The van der Waals surface area contributed by atoms with Crippen molar-refractivity contribution in [3.8, 4) is 0 Å². The van der Waals surface area contributed by atoms with Crippen molar-refractivity contribution in [1.82, 2.24) is 0 Å². The van der Waals surface area contributed by atoms with Crippen LogP contribution in [0.4, 0.5) is 5.69 Å². The number of benzene rings is 1. The molecule has 15 heavy (non-hydrogen) atoms. The van der Waals surface area contributed by atoms with E-state index in [4.69, 9.17) is 0 Å². The monoisotopic (exact) mass is 202 g/mol. The highest BCUT2D eigenvalue weighted by Gasteiger charge is 2.13. The molecule has 0 spiro atoms. The van der Waals surface area contributed by atoms with E-state index in [0.29, 0.717) is 6.04 Å². The third-order valence-electron chi connectivity index (χ3n) is 3.06. The van der Waals surface area contributed by atoms with Gasteiger partial charge >= 0.3 is 0 Å². The van der Waals surface area contributed by atoms with Gasteiger partial charge in [-0.05, 0) is 44.4 Å². The number of rotatable bonds is 1. The van der Waals surface area contributed by atoms with E-state index >= 15 is 0 Å². The van der Waals surface area contributed by atoms with Crippen molar-refractivity contribution in [2.75, 3.05) is 5.32 Å². The number of aryl methyl sites for hydroxylation is 1. The molecule has 1 aromatic carbocycles. The molecule has 2 rings (SSSR count). The van der Waals surface area contributed by atoms with E-state index in [-0.39, 0.29) is 0 Å². The first-order chi connectivity index (χ1) is 7.16. The Bertz CT molecular complexity index is 394. The summed E-state index contributed by atoms with van der Waals surface area (Å²) in [5.74, 6) is 1.14. The Kier molecular flexibility index (Phi) is 2.76. The van der Waals surface area contributed by atoms with Crippen LogP contribution in [0.1, 0.15) is 30.9 Å². The smallest absolute Gasteiger partial charge is 0.101 e. The number of nitrogens with one attached hydrogen (secondary N) is 1. The highest BCUT2D eigenvalue weighted by molar-refractivity contribution is 5.97. The van der Waals surface area contributed by atoms with Gasteiger partial charge in [0, 0.05) is 18.2 Å². The molecular formula is C13H18N2. The Morgan fingerprint density at radius 2 is 2.13 bits per heavy atom. The molecule has 1 aliphatic heterocycles. The van der Waals surface area contributed by atoms with E-state index in [9.17, 15) is 0 Å². The fourth-order valence-electron chi connectivity index (χ4n) is 1.88. The van der Waals surface area contributed by atoms with Crippen LogP contribution in [-0.2, 0) is 0 Å². The molecule has 1 aliphatic rings. The Morgan fingerprint density at radius 3 is 2.80 bits per heavy atom. The number of hydrogen-bond donors (Lipinski definition) is 1. The molecule has 0 saturated carbocycles. The molecule has 0 aliphatic carbocycles. The fourth-order valence-corrected chi connectivity index (χ4v) is 1.88. The lowest BCUT2D eigenvalue weighted by Gasteiger charge is -2.10. The molecule has 1 N–H and O–H groups in total. The maximum Gasteiger partial charge on any atom is 0.101 e. The normalized spacial score (nSPS) is 20.2. The van der Waals surface area contributed by atoms with Crippen LogP contribution in [0.25, 0.3) is 0 Å². The summed E-state index contributed by atoms with van der Waals surface area (Å²) in [5.41, 5.74) is 3.84. The molecule has 1 aromatic rings. The molecule has 80 valence electrons. The third-order valence-corrected chi connectivity index (χ3v) is 3.06. The van der Waals surface area contributed by atoms with Crippen LogP contribution >= 0.6 is 0 Å². The van der Waals surface area contributed by atoms with Crippen LogP contribution in [0.5, 0.6) is 0 Å². The molecule has 1 unspecified atom stereocenters. The van der Waals surface area contributed by atoms with Crippen molar-refractivity contribution < 1.29 is 0 Å². The Hall–Kier alpha value is -1.31. The zero-order chi connectivity index (χ0) is 10.8. The number of hydrogen-bond acceptors (Lipinski definition) is 2. The molecule has 2 nitrogen and oxygen atoms in total. The largest absolute Gasteiger partial charge is 0.344 e. The summed E-state index contributed by atoms with van der Waals surface area (Å²) in [6.45, 7) is 6.45. The molecule has 1 atom stereocenters. The predicted molar refractivity (Wildman–Crippen MR) is 65.7 cm³/mol. The summed E-state index contributed by atoms with van der Waals surface area (Å²) < 4.78 is 0. The second kappa shape index (κ2) is 4.05. The highest BCUT2D eigenvalue weighted by atomic mass is 15.0. The van der Waals surface area contributed by atoms with Gasteiger partial charge in [-0.2, -0.15) is 0 Å². The summed E-state index contributed by atoms with van der Waals surface area (Å²) in [6, 6.07) is 6.83. The SMILES string of the molecule is Cc1cccc(NC2=NC(C)CC2)c1C. The van der Waals surface area contributed by atoms with Crippen LogP contribution < -0.4 is 5.32 Å². The molecule has 0 fully saturated rings. The molecule has 0 aromatic heterocycles. The summed E-state index contributed by atoms with van der Waals surface area (Å²) in [7, 11) is 0. The Labute approximate surface area is 91.4 Å². The topological polar surface area (TPSA) is 24.4 Å². The van der Waals surface area contributed by atoms with Crippen molar-refractivity contribution in [2.45, 2.75) is 39.7 Å². The molecule has 2 heteroatoms. The van der Waals surface area contributed by atoms with E-state index in [1.165, 1.54) is 23.2 Å². The van der Waals surface area contributed by atoms with E-state index in [1.807, 2.05) is 0 Å². The van der Waals surface area contributed by atoms with Crippen molar-refractivity contribution in [3.05, 3.63) is 29.3 Å². The summed E-state index contributed by atoms with van der Waals surface area (Å²) >= 11 is 0. The lowest BCUT2D eigenvalue weighted by Crippen LogP contribution is -2.09. The predicted octanol–water partition coefficient (Wildman–Crippen LogP) is 3.30. The van der Waals surface area contributed by atoms with Gasteiger partial charge in [0.1, 0.15) is 5.84 Å². The first-order valence-corrected chi connectivity index (χ1v) is 5.56. The second-order valence-corrected chi connectivity index (χ2v) is 4.34. The highest BCUT2D eigenvalue weighted by Crippen LogP contribution is 2.20. The number of amidine groups is 1. The summed E-state index contributed by atoms with van der Waals surface area (Å²) in [6.07, 6.45) is 2.25. The molecule has 0 amide bonds. The Morgan fingerprint density at radius 1 is 1.33 bits per heavy atom. The quantitative estimate of drug-likeness (QED) is 0.742. The van der Waals surface area contributed by atoms with E-state index in [2.05, 4.69) is 49.3 Å². The minimum Gasteiger partial charge on any atom is -0.344 e. The van der Waals surface area contributed by atoms with Crippen LogP contribution in [0, 0.1) is 13.8 Å². The second-order valence-electron chi connectivity index (χ2n) is 4.34. The van der Waals surface area contributed by atoms with Crippen molar-refractivity contribution in [2.24, 2.45) is 4.99 Å². The first kappa shape index (κ1) is 10.2. The van der Waals surface area contributed by atoms with Gasteiger partial charge in [-0.25, -0.2) is 0 Å². The maximum absolute atomic E-state index is 4.56. The number of anilines is 1. The van der Waals surface area contributed by atoms with Gasteiger partial charge in [0.15, 0.2) is 0 Å².